The normalized spacial score (nSPS) is 19.2. The third kappa shape index (κ3) is 3.59. The van der Waals surface area contributed by atoms with Gasteiger partial charge in [-0.25, -0.2) is 4.79 Å². The molecule has 1 aromatic heterocycles. The molecule has 0 bridgehead atoms. The molecular formula is C14H17BrN2O4. The Bertz CT molecular complexity index is 549. The minimum Gasteiger partial charge on any atom is -0.391 e. The number of aromatic nitrogens is 1. The van der Waals surface area contributed by atoms with Crippen molar-refractivity contribution >= 4 is 33.7 Å². The van der Waals surface area contributed by atoms with Crippen molar-refractivity contribution in [1.29, 1.82) is 0 Å². The van der Waals surface area contributed by atoms with E-state index >= 15 is 0 Å². The first-order valence-corrected chi connectivity index (χ1v) is 7.87. The molecule has 1 aromatic rings. The number of alkyl halides is 1. The van der Waals surface area contributed by atoms with Crippen LogP contribution in [0.3, 0.4) is 0 Å². The molecule has 1 fully saturated rings. The molecule has 0 saturated carbocycles. The summed E-state index contributed by atoms with van der Waals surface area (Å²) in [6.07, 6.45) is 3.24. The SMILES string of the molecule is Cn1cccc1C(=O)C(CBr)C(=O)OC(=O)[C@@H]1CCCN1. The maximum absolute atomic E-state index is 12.3. The van der Waals surface area contributed by atoms with Gasteiger partial charge in [0.2, 0.25) is 0 Å². The molecule has 114 valence electrons. The van der Waals surface area contributed by atoms with Gasteiger partial charge >= 0.3 is 11.9 Å². The van der Waals surface area contributed by atoms with E-state index in [-0.39, 0.29) is 11.1 Å². The second kappa shape index (κ2) is 7.00. The summed E-state index contributed by atoms with van der Waals surface area (Å²) in [7, 11) is 1.72. The van der Waals surface area contributed by atoms with E-state index in [4.69, 9.17) is 4.74 Å². The molecule has 2 rings (SSSR count). The number of nitrogens with zero attached hydrogens (tertiary/aromatic N) is 1. The van der Waals surface area contributed by atoms with Gasteiger partial charge in [0.25, 0.3) is 0 Å². The van der Waals surface area contributed by atoms with Gasteiger partial charge in [-0.15, -0.1) is 0 Å². The molecule has 0 aromatic carbocycles. The molecule has 21 heavy (non-hydrogen) atoms. The first-order valence-electron chi connectivity index (χ1n) is 6.75. The number of esters is 2. The van der Waals surface area contributed by atoms with Crippen molar-refractivity contribution in [2.75, 3.05) is 11.9 Å². The van der Waals surface area contributed by atoms with Crippen molar-refractivity contribution < 1.29 is 19.1 Å². The molecular weight excluding hydrogens is 340 g/mol. The monoisotopic (exact) mass is 356 g/mol. The zero-order chi connectivity index (χ0) is 15.4. The van der Waals surface area contributed by atoms with E-state index < -0.39 is 23.9 Å². The smallest absolute Gasteiger partial charge is 0.330 e. The number of aryl methyl sites for hydroxylation is 1. The number of hydrogen-bond acceptors (Lipinski definition) is 5. The number of nitrogens with one attached hydrogen (secondary N) is 1. The number of carbonyl (C=O) groups excluding carboxylic acids is 3. The molecule has 0 spiro atoms. The lowest BCUT2D eigenvalue weighted by Crippen LogP contribution is -2.37. The van der Waals surface area contributed by atoms with Crippen molar-refractivity contribution in [1.82, 2.24) is 9.88 Å². The number of Topliss-reactive ketones (excluding diaryl/α,β-unsaturated/α-hetero) is 1. The molecule has 7 heteroatoms. The summed E-state index contributed by atoms with van der Waals surface area (Å²) in [5.41, 5.74) is 0.405. The van der Waals surface area contributed by atoms with Crippen molar-refractivity contribution in [3.8, 4) is 0 Å². The Morgan fingerprint density at radius 3 is 2.81 bits per heavy atom. The number of carbonyl (C=O) groups is 3. The minimum absolute atomic E-state index is 0.112. The molecule has 6 nitrogen and oxygen atoms in total. The zero-order valence-electron chi connectivity index (χ0n) is 11.7. The Morgan fingerprint density at radius 1 is 1.52 bits per heavy atom. The number of hydrogen-bond donors (Lipinski definition) is 1. The lowest BCUT2D eigenvalue weighted by molar-refractivity contribution is -0.162. The van der Waals surface area contributed by atoms with Gasteiger partial charge in [-0.1, -0.05) is 15.9 Å². The maximum atomic E-state index is 12.3. The van der Waals surface area contributed by atoms with Crippen LogP contribution in [0.4, 0.5) is 0 Å². The average Bonchev–Trinajstić information content (AvgIpc) is 3.10. The molecule has 0 radical (unpaired) electrons. The van der Waals surface area contributed by atoms with Crippen LogP contribution in [-0.4, -0.2) is 40.2 Å². The summed E-state index contributed by atoms with van der Waals surface area (Å²) < 4.78 is 6.48. The minimum atomic E-state index is -1.02. The predicted octanol–water partition coefficient (Wildman–Crippen LogP) is 1.04. The zero-order valence-corrected chi connectivity index (χ0v) is 13.3. The van der Waals surface area contributed by atoms with Gasteiger partial charge in [-0.2, -0.15) is 0 Å². The van der Waals surface area contributed by atoms with Crippen LogP contribution in [0, 0.1) is 5.92 Å². The molecule has 0 aliphatic carbocycles. The molecule has 1 aliphatic heterocycles. The van der Waals surface area contributed by atoms with Gasteiger partial charge in [0.05, 0.1) is 5.69 Å². The third-order valence-corrected chi connectivity index (χ3v) is 4.15. The fourth-order valence-electron chi connectivity index (χ4n) is 2.26. The van der Waals surface area contributed by atoms with Crippen LogP contribution in [-0.2, 0) is 21.4 Å². The predicted molar refractivity (Wildman–Crippen MR) is 79.2 cm³/mol. The Morgan fingerprint density at radius 2 is 2.29 bits per heavy atom. The summed E-state index contributed by atoms with van der Waals surface area (Å²) >= 11 is 3.14. The summed E-state index contributed by atoms with van der Waals surface area (Å²) in [5.74, 6) is -2.81. The summed E-state index contributed by atoms with van der Waals surface area (Å²) in [6.45, 7) is 0.734. The lowest BCUT2D eigenvalue weighted by atomic mass is 10.0. The van der Waals surface area contributed by atoms with Crippen molar-refractivity contribution in [2.24, 2.45) is 13.0 Å². The highest BCUT2D eigenvalue weighted by molar-refractivity contribution is 9.09. The quantitative estimate of drug-likeness (QED) is 0.369. The van der Waals surface area contributed by atoms with Gasteiger partial charge in [0.1, 0.15) is 12.0 Å². The molecule has 1 aliphatic rings. The van der Waals surface area contributed by atoms with Crippen LogP contribution in [0.1, 0.15) is 23.3 Å². The second-order valence-corrected chi connectivity index (χ2v) is 5.61. The topological polar surface area (TPSA) is 77.4 Å². The van der Waals surface area contributed by atoms with Gasteiger partial charge < -0.3 is 14.6 Å². The Kier molecular flexibility index (Phi) is 5.30. The molecule has 0 amide bonds. The van der Waals surface area contributed by atoms with Gasteiger partial charge in [-0.05, 0) is 31.5 Å². The van der Waals surface area contributed by atoms with Gasteiger partial charge in [0, 0.05) is 18.6 Å². The number of halogens is 1. The molecule has 1 unspecified atom stereocenters. The highest BCUT2D eigenvalue weighted by Crippen LogP contribution is 2.15. The van der Waals surface area contributed by atoms with Crippen LogP contribution >= 0.6 is 15.9 Å². The van der Waals surface area contributed by atoms with Gasteiger partial charge in [0.15, 0.2) is 5.78 Å². The van der Waals surface area contributed by atoms with E-state index in [1.807, 2.05) is 0 Å². The second-order valence-electron chi connectivity index (χ2n) is 4.96. The standard InChI is InChI=1S/C14H17BrN2O4/c1-17-7-3-5-11(17)12(18)9(8-15)13(19)21-14(20)10-4-2-6-16-10/h3,5,7,9-10,16H,2,4,6,8H2,1H3/t9?,10-/m0/s1. The Labute approximate surface area is 131 Å². The molecule has 1 saturated heterocycles. The summed E-state index contributed by atoms with van der Waals surface area (Å²) in [4.78, 5) is 36.2. The molecule has 2 heterocycles. The maximum Gasteiger partial charge on any atom is 0.330 e. The van der Waals surface area contributed by atoms with Crippen LogP contribution in [0.15, 0.2) is 18.3 Å². The summed E-state index contributed by atoms with van der Waals surface area (Å²) in [6, 6.07) is 2.90. The number of ketones is 1. The van der Waals surface area contributed by atoms with Crippen LogP contribution < -0.4 is 5.32 Å². The largest absolute Gasteiger partial charge is 0.391 e. The van der Waals surface area contributed by atoms with Crippen LogP contribution in [0.2, 0.25) is 0 Å². The third-order valence-electron chi connectivity index (χ3n) is 3.50. The van der Waals surface area contributed by atoms with E-state index in [9.17, 15) is 14.4 Å². The number of ether oxygens (including phenoxy) is 1. The van der Waals surface area contributed by atoms with Crippen molar-refractivity contribution in [3.05, 3.63) is 24.0 Å². The van der Waals surface area contributed by atoms with Crippen molar-refractivity contribution in [2.45, 2.75) is 18.9 Å². The first-order chi connectivity index (χ1) is 10.0. The summed E-state index contributed by atoms with van der Waals surface area (Å²) in [5, 5.41) is 3.07. The van der Waals surface area contributed by atoms with Crippen LogP contribution in [0.5, 0.6) is 0 Å². The highest BCUT2D eigenvalue weighted by atomic mass is 79.9. The van der Waals surface area contributed by atoms with E-state index in [1.54, 1.807) is 29.9 Å². The number of rotatable bonds is 5. The van der Waals surface area contributed by atoms with Crippen molar-refractivity contribution in [3.63, 3.8) is 0 Å². The fourth-order valence-corrected chi connectivity index (χ4v) is 2.82. The average molecular weight is 357 g/mol. The Hall–Kier alpha value is -1.47. The van der Waals surface area contributed by atoms with E-state index in [0.29, 0.717) is 12.1 Å². The first kappa shape index (κ1) is 15.9. The molecule has 2 atom stereocenters. The van der Waals surface area contributed by atoms with E-state index in [2.05, 4.69) is 21.2 Å². The van der Waals surface area contributed by atoms with Crippen LogP contribution in [0.25, 0.3) is 0 Å². The van der Waals surface area contributed by atoms with E-state index in [0.717, 1.165) is 13.0 Å². The molecule has 1 N–H and O–H groups in total. The lowest BCUT2D eigenvalue weighted by Gasteiger charge is -2.14. The fraction of sp³-hybridized carbons (Fsp3) is 0.500. The highest BCUT2D eigenvalue weighted by Gasteiger charge is 2.33. The Balaban J connectivity index is 2.03. The van der Waals surface area contributed by atoms with E-state index in [1.165, 1.54) is 0 Å². The van der Waals surface area contributed by atoms with Gasteiger partial charge in [-0.3, -0.25) is 9.59 Å².